The molecule has 0 nitrogen and oxygen atoms in total. The normalized spacial score (nSPS) is 20.2. The Kier molecular flexibility index (Phi) is 5.54. The lowest BCUT2D eigenvalue weighted by Gasteiger charge is -2.31. The molecule has 0 N–H and O–H groups in total. The minimum atomic E-state index is -0.0675. The first-order valence-corrected chi connectivity index (χ1v) is 21.3. The fraction of sp³-hybridized carbons (Fsp3) is 0.0847. The van der Waals surface area contributed by atoms with Crippen LogP contribution < -0.4 is 0 Å². The Morgan fingerprint density at radius 2 is 0.356 bits per heavy atom. The van der Waals surface area contributed by atoms with Crippen LogP contribution in [0.3, 0.4) is 0 Å². The first kappa shape index (κ1) is 31.0. The van der Waals surface area contributed by atoms with Gasteiger partial charge in [0.15, 0.2) is 0 Å². The van der Waals surface area contributed by atoms with E-state index in [1.165, 1.54) is 130 Å². The van der Waals surface area contributed by atoms with Gasteiger partial charge in [-0.2, -0.15) is 0 Å². The summed E-state index contributed by atoms with van der Waals surface area (Å²) in [6.07, 6.45) is 0. The number of rotatable bonds is 0. The molecular formula is C59H36. The van der Waals surface area contributed by atoms with Crippen molar-refractivity contribution in [3.8, 4) is 0 Å². The topological polar surface area (TPSA) is 0 Å². The van der Waals surface area contributed by atoms with Crippen molar-refractivity contribution in [2.75, 3.05) is 0 Å². The summed E-state index contributed by atoms with van der Waals surface area (Å²) in [6.45, 7) is 2.66. The minimum Gasteiger partial charge on any atom is -0.0616 e. The standard InChI is InChI=1S/C59H36/c1-59-56-50-26-44-38-20-8-2-14-32(38)33-15-3-9-21-39(33)45(44)27-51(50)57(59)54-30-48-42-24-12-6-18-36(42)37-19-7-13-25-43(37)49(48)31-55(54)58(59)53-29-47-41-23-11-5-17-35(41)34-16-4-10-22-40(34)46(47)28-52(53)56/h2-31,56-58H,1H3. The molecule has 0 fully saturated rings. The van der Waals surface area contributed by atoms with Crippen molar-refractivity contribution in [2.45, 2.75) is 24.7 Å². The molecule has 0 bridgehead atoms. The number of hydrogen-bond acceptors (Lipinski definition) is 0. The van der Waals surface area contributed by atoms with E-state index in [9.17, 15) is 0 Å². The van der Waals surface area contributed by atoms with Gasteiger partial charge >= 0.3 is 0 Å². The molecule has 0 saturated heterocycles. The lowest BCUT2D eigenvalue weighted by atomic mass is 9.70. The van der Waals surface area contributed by atoms with Gasteiger partial charge in [-0.1, -0.05) is 153 Å². The fourth-order valence-electron chi connectivity index (χ4n) is 13.5. The van der Waals surface area contributed by atoms with Crippen LogP contribution in [0.15, 0.2) is 182 Å². The highest BCUT2D eigenvalue weighted by atomic mass is 14.7. The average molecular weight is 745 g/mol. The van der Waals surface area contributed by atoms with E-state index >= 15 is 0 Å². The summed E-state index contributed by atoms with van der Waals surface area (Å²) in [6, 6.07) is 70.4. The summed E-state index contributed by atoms with van der Waals surface area (Å²) >= 11 is 0. The zero-order valence-corrected chi connectivity index (χ0v) is 32.6. The van der Waals surface area contributed by atoms with Crippen molar-refractivity contribution in [3.05, 3.63) is 215 Å². The van der Waals surface area contributed by atoms with Gasteiger partial charge in [-0.3, -0.25) is 0 Å². The van der Waals surface area contributed by atoms with Crippen LogP contribution in [0.1, 0.15) is 58.1 Å². The Balaban J connectivity index is 1.14. The van der Waals surface area contributed by atoms with Crippen LogP contribution in [0.25, 0.3) is 97.0 Å². The third kappa shape index (κ3) is 3.57. The summed E-state index contributed by atoms with van der Waals surface area (Å²) in [4.78, 5) is 0. The van der Waals surface area contributed by atoms with Gasteiger partial charge in [0.05, 0.1) is 0 Å². The molecule has 0 radical (unpaired) electrons. The monoisotopic (exact) mass is 744 g/mol. The highest BCUT2D eigenvalue weighted by Crippen LogP contribution is 2.77. The third-order valence-corrected chi connectivity index (χ3v) is 15.6. The minimum absolute atomic E-state index is 0.0675. The molecule has 0 aromatic heterocycles. The lowest BCUT2D eigenvalue weighted by molar-refractivity contribution is 0.288. The van der Waals surface area contributed by atoms with Gasteiger partial charge in [-0.25, -0.2) is 0 Å². The van der Waals surface area contributed by atoms with E-state index in [0.29, 0.717) is 0 Å². The molecule has 0 spiro atoms. The zero-order valence-electron chi connectivity index (χ0n) is 32.6. The molecule has 59 heavy (non-hydrogen) atoms. The molecule has 15 rings (SSSR count). The van der Waals surface area contributed by atoms with Gasteiger partial charge in [-0.05, 0) is 167 Å². The van der Waals surface area contributed by atoms with Crippen LogP contribution in [0.2, 0.25) is 0 Å². The molecule has 3 aliphatic carbocycles. The summed E-state index contributed by atoms with van der Waals surface area (Å²) in [5.41, 5.74) is 9.06. The second-order valence-corrected chi connectivity index (χ2v) is 18.0. The number of hydrogen-bond donors (Lipinski definition) is 0. The molecule has 272 valence electrons. The Bertz CT molecular complexity index is 3280. The second kappa shape index (κ2) is 10.5. The van der Waals surface area contributed by atoms with Crippen LogP contribution in [-0.4, -0.2) is 0 Å². The summed E-state index contributed by atoms with van der Waals surface area (Å²) < 4.78 is 0. The van der Waals surface area contributed by atoms with Gasteiger partial charge in [-0.15, -0.1) is 0 Å². The number of benzene rings is 12. The SMILES string of the molecule is CC12C3c4cc5c6ccccc6c6ccccc6c5cc4C1c1cc4c5ccccc5c5ccccc5c4cc1C2c1cc2c4ccccc4c4ccccc4c2cc13. The maximum atomic E-state index is 2.66. The quantitative estimate of drug-likeness (QED) is 0.136. The van der Waals surface area contributed by atoms with Crippen molar-refractivity contribution in [2.24, 2.45) is 5.41 Å². The van der Waals surface area contributed by atoms with Crippen molar-refractivity contribution in [1.29, 1.82) is 0 Å². The van der Waals surface area contributed by atoms with E-state index in [0.717, 1.165) is 0 Å². The van der Waals surface area contributed by atoms with Gasteiger partial charge in [0.25, 0.3) is 0 Å². The largest absolute Gasteiger partial charge is 0.0616 e. The maximum Gasteiger partial charge on any atom is 0.0168 e. The van der Waals surface area contributed by atoms with E-state index < -0.39 is 0 Å². The molecule has 0 amide bonds. The maximum absolute atomic E-state index is 2.66. The van der Waals surface area contributed by atoms with Crippen molar-refractivity contribution < 1.29 is 0 Å². The van der Waals surface area contributed by atoms with E-state index in [2.05, 4.69) is 189 Å². The molecule has 0 aliphatic heterocycles. The fourth-order valence-corrected chi connectivity index (χ4v) is 13.5. The first-order valence-electron chi connectivity index (χ1n) is 21.3. The van der Waals surface area contributed by atoms with Crippen LogP contribution in [0.5, 0.6) is 0 Å². The van der Waals surface area contributed by atoms with Crippen molar-refractivity contribution in [3.63, 3.8) is 0 Å². The van der Waals surface area contributed by atoms with E-state index in [4.69, 9.17) is 0 Å². The molecule has 0 heterocycles. The summed E-state index contributed by atoms with van der Waals surface area (Å²) in [7, 11) is 0. The predicted molar refractivity (Wildman–Crippen MR) is 251 cm³/mol. The summed E-state index contributed by atoms with van der Waals surface area (Å²) in [5, 5.41) is 24.4. The Hall–Kier alpha value is -7.02. The highest BCUT2D eigenvalue weighted by molar-refractivity contribution is 6.28. The van der Waals surface area contributed by atoms with Crippen molar-refractivity contribution >= 4 is 97.0 Å². The van der Waals surface area contributed by atoms with Crippen molar-refractivity contribution in [1.82, 2.24) is 0 Å². The Morgan fingerprint density at radius 1 is 0.220 bits per heavy atom. The van der Waals surface area contributed by atoms with Gasteiger partial charge in [0.2, 0.25) is 0 Å². The smallest absolute Gasteiger partial charge is 0.0168 e. The molecule has 0 saturated carbocycles. The predicted octanol–water partition coefficient (Wildman–Crippen LogP) is 15.8. The molecule has 0 unspecified atom stereocenters. The van der Waals surface area contributed by atoms with E-state index in [-0.39, 0.29) is 23.2 Å². The van der Waals surface area contributed by atoms with E-state index in [1.807, 2.05) is 0 Å². The lowest BCUT2D eigenvalue weighted by Crippen LogP contribution is -2.23. The zero-order chi connectivity index (χ0) is 38.3. The molecule has 0 heteroatoms. The first-order chi connectivity index (χ1) is 29.2. The van der Waals surface area contributed by atoms with Crippen LogP contribution in [0.4, 0.5) is 0 Å². The highest BCUT2D eigenvalue weighted by Gasteiger charge is 2.65. The summed E-state index contributed by atoms with van der Waals surface area (Å²) in [5.74, 6) is 0.780. The average Bonchev–Trinajstić information content (AvgIpc) is 3.82. The van der Waals surface area contributed by atoms with Crippen LogP contribution in [-0.2, 0) is 0 Å². The van der Waals surface area contributed by atoms with Crippen LogP contribution in [0, 0.1) is 5.41 Å². The second-order valence-electron chi connectivity index (χ2n) is 18.0. The van der Waals surface area contributed by atoms with Crippen LogP contribution >= 0.6 is 0 Å². The number of fused-ring (bicyclic) bond motifs is 27. The Morgan fingerprint density at radius 3 is 0.508 bits per heavy atom. The molecular weight excluding hydrogens is 709 g/mol. The van der Waals surface area contributed by atoms with Gasteiger partial charge < -0.3 is 0 Å². The van der Waals surface area contributed by atoms with Gasteiger partial charge in [0, 0.05) is 23.2 Å². The van der Waals surface area contributed by atoms with E-state index in [1.54, 1.807) is 0 Å². The molecule has 12 aromatic rings. The third-order valence-electron chi connectivity index (χ3n) is 15.6. The Labute approximate surface area is 340 Å². The molecule has 3 aliphatic rings. The van der Waals surface area contributed by atoms with Gasteiger partial charge in [0.1, 0.15) is 0 Å². The molecule has 12 aromatic carbocycles. The molecule has 0 atom stereocenters.